The Balaban J connectivity index is 0.977. The maximum Gasteiger partial charge on any atom is 0.164 e. The highest BCUT2D eigenvalue weighted by Crippen LogP contribution is 2.56. The quantitative estimate of drug-likeness (QED) is 0.161. The van der Waals surface area contributed by atoms with Crippen molar-refractivity contribution in [3.8, 4) is 67.5 Å². The van der Waals surface area contributed by atoms with Gasteiger partial charge in [-0.15, -0.1) is 0 Å². The Bertz CT molecular complexity index is 3420. The number of furan rings is 1. The van der Waals surface area contributed by atoms with Crippen LogP contribution in [-0.2, 0) is 5.41 Å². The SMILES string of the molecule is c1ccc(-c2cccc(-c3cccc(-c4nc(-c5ccccc5)nc(-c5ccc6c(c5)oc5cc(C7(c8ccccc8)c8ccccc8-c8ccccc87)ccc56)n4)c3)c2)cc1. The fourth-order valence-corrected chi connectivity index (χ4v) is 9.56. The van der Waals surface area contributed by atoms with Crippen LogP contribution in [0.25, 0.3) is 89.5 Å². The third kappa shape index (κ3) is 5.80. The van der Waals surface area contributed by atoms with Crippen molar-refractivity contribution in [2.24, 2.45) is 0 Å². The Morgan fingerprint density at radius 2 is 0.726 bits per heavy atom. The minimum Gasteiger partial charge on any atom is -0.456 e. The summed E-state index contributed by atoms with van der Waals surface area (Å²) in [4.78, 5) is 15.3. The molecule has 62 heavy (non-hydrogen) atoms. The number of fused-ring (bicyclic) bond motifs is 6. The summed E-state index contributed by atoms with van der Waals surface area (Å²) in [5.41, 5.74) is 15.8. The number of hydrogen-bond acceptors (Lipinski definition) is 4. The first-order valence-corrected chi connectivity index (χ1v) is 21.0. The minimum absolute atomic E-state index is 0.510. The second-order valence-electron chi connectivity index (χ2n) is 15.9. The van der Waals surface area contributed by atoms with Gasteiger partial charge in [0.15, 0.2) is 17.5 Å². The lowest BCUT2D eigenvalue weighted by Gasteiger charge is -2.33. The van der Waals surface area contributed by atoms with Crippen molar-refractivity contribution in [2.75, 3.05) is 0 Å². The van der Waals surface area contributed by atoms with Crippen molar-refractivity contribution < 1.29 is 4.42 Å². The van der Waals surface area contributed by atoms with Gasteiger partial charge in [-0.3, -0.25) is 0 Å². The van der Waals surface area contributed by atoms with Gasteiger partial charge in [0.25, 0.3) is 0 Å². The first kappa shape index (κ1) is 35.7. The molecule has 2 aromatic heterocycles. The molecule has 11 aromatic rings. The summed E-state index contributed by atoms with van der Waals surface area (Å²) in [5.74, 6) is 1.79. The van der Waals surface area contributed by atoms with Crippen LogP contribution in [0.3, 0.4) is 0 Å². The third-order valence-corrected chi connectivity index (χ3v) is 12.4. The van der Waals surface area contributed by atoms with Crippen LogP contribution in [0.4, 0.5) is 0 Å². The van der Waals surface area contributed by atoms with Crippen LogP contribution >= 0.6 is 0 Å². The summed E-state index contributed by atoms with van der Waals surface area (Å²) in [6.45, 7) is 0. The van der Waals surface area contributed by atoms with Gasteiger partial charge in [0.2, 0.25) is 0 Å². The molecule has 12 rings (SSSR count). The molecule has 0 amide bonds. The number of nitrogens with zero attached hydrogens (tertiary/aromatic N) is 3. The number of hydrogen-bond donors (Lipinski definition) is 0. The molecule has 0 atom stereocenters. The Hall–Kier alpha value is -8.21. The normalized spacial score (nSPS) is 12.6. The number of benzene rings is 9. The van der Waals surface area contributed by atoms with Crippen molar-refractivity contribution in [3.63, 3.8) is 0 Å². The molecule has 0 fully saturated rings. The Morgan fingerprint density at radius 1 is 0.290 bits per heavy atom. The summed E-state index contributed by atoms with van der Waals surface area (Å²) >= 11 is 0. The van der Waals surface area contributed by atoms with E-state index in [0.29, 0.717) is 17.5 Å². The van der Waals surface area contributed by atoms with Crippen molar-refractivity contribution in [1.82, 2.24) is 15.0 Å². The largest absolute Gasteiger partial charge is 0.456 e. The van der Waals surface area contributed by atoms with Crippen LogP contribution in [0.2, 0.25) is 0 Å². The van der Waals surface area contributed by atoms with Gasteiger partial charge >= 0.3 is 0 Å². The summed E-state index contributed by atoms with van der Waals surface area (Å²) in [6.07, 6.45) is 0. The maximum absolute atomic E-state index is 6.84. The zero-order chi connectivity index (χ0) is 41.0. The van der Waals surface area contributed by atoms with Crippen LogP contribution in [0.5, 0.6) is 0 Å². The van der Waals surface area contributed by atoms with Crippen LogP contribution in [0.1, 0.15) is 22.3 Å². The second kappa shape index (κ2) is 14.5. The Labute approximate surface area is 359 Å². The molecular formula is C58H37N3O. The summed E-state index contributed by atoms with van der Waals surface area (Å²) in [5, 5.41) is 2.10. The topological polar surface area (TPSA) is 51.8 Å². The van der Waals surface area contributed by atoms with Crippen molar-refractivity contribution in [2.45, 2.75) is 5.41 Å². The zero-order valence-electron chi connectivity index (χ0n) is 33.6. The molecule has 0 saturated carbocycles. The molecular weight excluding hydrogens is 755 g/mol. The Morgan fingerprint density at radius 3 is 1.35 bits per heavy atom. The highest BCUT2D eigenvalue weighted by molar-refractivity contribution is 6.06. The van der Waals surface area contributed by atoms with Gasteiger partial charge in [-0.1, -0.05) is 194 Å². The first-order chi connectivity index (χ1) is 30.7. The van der Waals surface area contributed by atoms with E-state index < -0.39 is 5.41 Å². The molecule has 0 aliphatic heterocycles. The molecule has 0 unspecified atom stereocenters. The predicted octanol–water partition coefficient (Wildman–Crippen LogP) is 14.5. The molecule has 290 valence electrons. The zero-order valence-corrected chi connectivity index (χ0v) is 33.6. The molecule has 4 heteroatoms. The van der Waals surface area contributed by atoms with Crippen LogP contribution in [-0.4, -0.2) is 15.0 Å². The molecule has 1 aliphatic rings. The second-order valence-corrected chi connectivity index (χ2v) is 15.9. The molecule has 0 spiro atoms. The fraction of sp³-hybridized carbons (Fsp3) is 0.0172. The van der Waals surface area contributed by atoms with Crippen molar-refractivity contribution in [3.05, 3.63) is 247 Å². The predicted molar refractivity (Wildman–Crippen MR) is 252 cm³/mol. The summed E-state index contributed by atoms with van der Waals surface area (Å²) in [7, 11) is 0. The van der Waals surface area contributed by atoms with E-state index in [9.17, 15) is 0 Å². The van der Waals surface area contributed by atoms with Gasteiger partial charge in [0.1, 0.15) is 11.2 Å². The lowest BCUT2D eigenvalue weighted by Crippen LogP contribution is -2.28. The smallest absolute Gasteiger partial charge is 0.164 e. The molecule has 0 saturated heterocycles. The van der Waals surface area contributed by atoms with E-state index in [-0.39, 0.29) is 0 Å². The first-order valence-electron chi connectivity index (χ1n) is 21.0. The molecule has 9 aromatic carbocycles. The maximum atomic E-state index is 6.84. The lowest BCUT2D eigenvalue weighted by molar-refractivity contribution is 0.665. The highest BCUT2D eigenvalue weighted by atomic mass is 16.3. The Kier molecular flexibility index (Phi) is 8.36. The van der Waals surface area contributed by atoms with Crippen molar-refractivity contribution in [1.29, 1.82) is 0 Å². The number of aromatic nitrogens is 3. The van der Waals surface area contributed by atoms with E-state index >= 15 is 0 Å². The van der Waals surface area contributed by atoms with Gasteiger partial charge in [-0.25, -0.2) is 15.0 Å². The monoisotopic (exact) mass is 791 g/mol. The number of rotatable bonds is 7. The minimum atomic E-state index is -0.510. The van der Waals surface area contributed by atoms with Gasteiger partial charge in [0, 0.05) is 27.5 Å². The standard InChI is InChI=1S/C58H37N3O/c1-4-16-38(17-5-1)40-20-14-21-41(34-40)42-22-15-23-43(35-42)56-59-55(39-18-6-2-7-19-39)60-57(61-56)44-30-32-49-50-33-31-46(37-54(50)62-53(49)36-44)58(45-24-8-3-9-25-45)51-28-12-10-26-47(51)48-27-11-13-29-52(48)58/h1-37H. The molecule has 0 radical (unpaired) electrons. The van der Waals surface area contributed by atoms with E-state index in [2.05, 4.69) is 188 Å². The lowest BCUT2D eigenvalue weighted by atomic mass is 9.67. The molecule has 1 aliphatic carbocycles. The van der Waals surface area contributed by atoms with E-state index in [1.54, 1.807) is 0 Å². The van der Waals surface area contributed by atoms with Crippen LogP contribution in [0, 0.1) is 0 Å². The average molecular weight is 792 g/mol. The van der Waals surface area contributed by atoms with Gasteiger partial charge in [-0.2, -0.15) is 0 Å². The fourth-order valence-electron chi connectivity index (χ4n) is 9.56. The van der Waals surface area contributed by atoms with E-state index in [1.807, 2.05) is 36.4 Å². The van der Waals surface area contributed by atoms with Crippen molar-refractivity contribution >= 4 is 21.9 Å². The van der Waals surface area contributed by atoms with Gasteiger partial charge in [0.05, 0.1) is 5.41 Å². The summed E-state index contributed by atoms with van der Waals surface area (Å²) in [6, 6.07) is 79.3. The molecule has 4 nitrogen and oxygen atoms in total. The van der Waals surface area contributed by atoms with Gasteiger partial charge in [-0.05, 0) is 86.0 Å². The van der Waals surface area contributed by atoms with E-state index in [4.69, 9.17) is 19.4 Å². The molecule has 0 bridgehead atoms. The van der Waals surface area contributed by atoms with E-state index in [1.165, 1.54) is 38.9 Å². The molecule has 0 N–H and O–H groups in total. The molecule has 2 heterocycles. The average Bonchev–Trinajstić information content (AvgIpc) is 3.88. The van der Waals surface area contributed by atoms with Crippen LogP contribution < -0.4 is 0 Å². The van der Waals surface area contributed by atoms with Gasteiger partial charge < -0.3 is 4.42 Å². The highest BCUT2D eigenvalue weighted by Gasteiger charge is 2.46. The van der Waals surface area contributed by atoms with Crippen LogP contribution in [0.15, 0.2) is 229 Å². The summed E-state index contributed by atoms with van der Waals surface area (Å²) < 4.78 is 6.84. The van der Waals surface area contributed by atoms with E-state index in [0.717, 1.165) is 55.3 Å². The third-order valence-electron chi connectivity index (χ3n) is 12.4.